The minimum absolute atomic E-state index is 0.0127. The molecule has 8 heteroatoms. The molecule has 0 radical (unpaired) electrons. The highest BCUT2D eigenvalue weighted by atomic mass is 16.6. The summed E-state index contributed by atoms with van der Waals surface area (Å²) in [6, 6.07) is 25.5. The molecule has 0 spiro atoms. The highest BCUT2D eigenvalue weighted by Crippen LogP contribution is 2.36. The van der Waals surface area contributed by atoms with Crippen molar-refractivity contribution in [3.8, 4) is 39.9 Å². The van der Waals surface area contributed by atoms with E-state index in [4.69, 9.17) is 9.52 Å². The first-order valence-corrected chi connectivity index (χ1v) is 9.91. The van der Waals surface area contributed by atoms with Gasteiger partial charge >= 0.3 is 0 Å². The molecule has 5 aromatic rings. The third-order valence-electron chi connectivity index (χ3n) is 5.13. The molecule has 0 N–H and O–H groups in total. The summed E-state index contributed by atoms with van der Waals surface area (Å²) in [6.45, 7) is 1.93. The molecule has 32 heavy (non-hydrogen) atoms. The Morgan fingerprint density at radius 3 is 2.09 bits per heavy atom. The van der Waals surface area contributed by atoms with Crippen LogP contribution in [0.2, 0.25) is 0 Å². The van der Waals surface area contributed by atoms with Crippen molar-refractivity contribution in [3.05, 3.63) is 101 Å². The van der Waals surface area contributed by atoms with Crippen molar-refractivity contribution in [2.24, 2.45) is 0 Å². The lowest BCUT2D eigenvalue weighted by Crippen LogP contribution is -1.98. The second kappa shape index (κ2) is 7.92. The normalized spacial score (nSPS) is 10.9. The molecule has 0 aliphatic rings. The van der Waals surface area contributed by atoms with Gasteiger partial charge in [0.25, 0.3) is 11.6 Å². The summed E-state index contributed by atoms with van der Waals surface area (Å²) in [5.41, 5.74) is 4.51. The van der Waals surface area contributed by atoms with Gasteiger partial charge in [0.2, 0.25) is 5.89 Å². The van der Waals surface area contributed by atoms with E-state index in [2.05, 4.69) is 10.2 Å². The molecular weight excluding hydrogens is 406 g/mol. The summed E-state index contributed by atoms with van der Waals surface area (Å²) in [4.78, 5) is 10.6. The lowest BCUT2D eigenvalue weighted by Gasteiger charge is -2.03. The Balaban J connectivity index is 1.68. The van der Waals surface area contributed by atoms with E-state index in [1.54, 1.807) is 16.8 Å². The van der Waals surface area contributed by atoms with Crippen LogP contribution in [0.4, 0.5) is 5.69 Å². The summed E-state index contributed by atoms with van der Waals surface area (Å²) in [5, 5.41) is 24.4. The van der Waals surface area contributed by atoms with Crippen LogP contribution in [0, 0.1) is 17.0 Å². The van der Waals surface area contributed by atoms with Crippen LogP contribution in [0.25, 0.3) is 39.9 Å². The maximum atomic E-state index is 11.1. The van der Waals surface area contributed by atoms with E-state index < -0.39 is 4.92 Å². The van der Waals surface area contributed by atoms with Gasteiger partial charge in [0.15, 0.2) is 0 Å². The molecule has 2 heterocycles. The van der Waals surface area contributed by atoms with Crippen LogP contribution in [0.15, 0.2) is 89.3 Å². The van der Waals surface area contributed by atoms with E-state index in [9.17, 15) is 10.1 Å². The molecule has 0 unspecified atom stereocenters. The largest absolute Gasteiger partial charge is 0.416 e. The lowest BCUT2D eigenvalue weighted by atomic mass is 10.1. The molecule has 156 valence electrons. The number of hydrogen-bond donors (Lipinski definition) is 0. The van der Waals surface area contributed by atoms with Crippen LogP contribution >= 0.6 is 0 Å². The van der Waals surface area contributed by atoms with Crippen molar-refractivity contribution in [1.29, 1.82) is 0 Å². The monoisotopic (exact) mass is 423 g/mol. The van der Waals surface area contributed by atoms with Crippen LogP contribution in [-0.2, 0) is 0 Å². The number of aromatic nitrogens is 4. The first-order valence-electron chi connectivity index (χ1n) is 9.91. The van der Waals surface area contributed by atoms with Gasteiger partial charge in [0.1, 0.15) is 5.69 Å². The zero-order valence-corrected chi connectivity index (χ0v) is 17.0. The summed E-state index contributed by atoms with van der Waals surface area (Å²) >= 11 is 0. The summed E-state index contributed by atoms with van der Waals surface area (Å²) in [5.74, 6) is 0.735. The van der Waals surface area contributed by atoms with E-state index in [0.29, 0.717) is 28.6 Å². The van der Waals surface area contributed by atoms with Gasteiger partial charge in [0, 0.05) is 23.3 Å². The van der Waals surface area contributed by atoms with E-state index >= 15 is 0 Å². The number of benzene rings is 3. The molecule has 0 amide bonds. The van der Waals surface area contributed by atoms with Gasteiger partial charge in [-0.2, -0.15) is 5.10 Å². The smallest absolute Gasteiger partial charge is 0.269 e. The minimum atomic E-state index is -0.428. The van der Waals surface area contributed by atoms with Crippen molar-refractivity contribution < 1.29 is 9.34 Å². The fourth-order valence-electron chi connectivity index (χ4n) is 3.54. The van der Waals surface area contributed by atoms with E-state index in [0.717, 1.165) is 16.9 Å². The van der Waals surface area contributed by atoms with Crippen molar-refractivity contribution >= 4 is 5.69 Å². The number of nitro groups is 1. The molecule has 0 bridgehead atoms. The second-order valence-corrected chi connectivity index (χ2v) is 7.14. The molecule has 0 atom stereocenters. The first-order chi connectivity index (χ1) is 15.6. The average molecular weight is 423 g/mol. The van der Waals surface area contributed by atoms with Crippen LogP contribution in [0.1, 0.15) is 5.69 Å². The molecular formula is C24H17N5O3. The zero-order chi connectivity index (χ0) is 22.1. The Kier molecular flexibility index (Phi) is 4.79. The molecule has 0 saturated carbocycles. The van der Waals surface area contributed by atoms with E-state index in [1.807, 2.05) is 67.6 Å². The van der Waals surface area contributed by atoms with Gasteiger partial charge in [0.05, 0.1) is 21.9 Å². The van der Waals surface area contributed by atoms with Crippen molar-refractivity contribution in [2.45, 2.75) is 6.92 Å². The number of rotatable bonds is 5. The highest BCUT2D eigenvalue weighted by molar-refractivity contribution is 5.80. The lowest BCUT2D eigenvalue weighted by molar-refractivity contribution is -0.384. The van der Waals surface area contributed by atoms with Crippen LogP contribution < -0.4 is 0 Å². The standard InChI is InChI=1S/C24H17N5O3/c1-16-21(24-26-25-23(32-24)18-8-4-2-5-9-18)22(17-12-14-20(15-13-17)29(30)31)27-28(16)19-10-6-3-7-11-19/h2-15H,1H3. The maximum absolute atomic E-state index is 11.1. The van der Waals surface area contributed by atoms with Gasteiger partial charge in [-0.25, -0.2) is 4.68 Å². The molecule has 8 nitrogen and oxygen atoms in total. The van der Waals surface area contributed by atoms with Crippen molar-refractivity contribution in [2.75, 3.05) is 0 Å². The number of non-ortho nitro benzene ring substituents is 1. The summed E-state index contributed by atoms with van der Waals surface area (Å²) in [7, 11) is 0. The summed E-state index contributed by atoms with van der Waals surface area (Å²) < 4.78 is 7.83. The predicted molar refractivity (Wildman–Crippen MR) is 119 cm³/mol. The van der Waals surface area contributed by atoms with Crippen molar-refractivity contribution in [1.82, 2.24) is 20.0 Å². The Bertz CT molecular complexity index is 1390. The zero-order valence-electron chi connectivity index (χ0n) is 17.0. The van der Waals surface area contributed by atoms with E-state index in [1.165, 1.54) is 12.1 Å². The van der Waals surface area contributed by atoms with Crippen LogP contribution in [0.5, 0.6) is 0 Å². The highest BCUT2D eigenvalue weighted by Gasteiger charge is 2.24. The molecule has 3 aromatic carbocycles. The van der Waals surface area contributed by atoms with Crippen LogP contribution in [-0.4, -0.2) is 24.9 Å². The Morgan fingerprint density at radius 1 is 0.812 bits per heavy atom. The molecule has 5 rings (SSSR count). The molecule has 0 fully saturated rings. The fraction of sp³-hybridized carbons (Fsp3) is 0.0417. The van der Waals surface area contributed by atoms with Gasteiger partial charge in [-0.1, -0.05) is 36.4 Å². The van der Waals surface area contributed by atoms with Gasteiger partial charge < -0.3 is 4.42 Å². The predicted octanol–water partition coefficient (Wildman–Crippen LogP) is 5.47. The second-order valence-electron chi connectivity index (χ2n) is 7.14. The number of para-hydroxylation sites is 1. The molecule has 2 aromatic heterocycles. The van der Waals surface area contributed by atoms with Crippen LogP contribution in [0.3, 0.4) is 0 Å². The SMILES string of the molecule is Cc1c(-c2nnc(-c3ccccc3)o2)c(-c2ccc([N+](=O)[O-])cc2)nn1-c1ccccc1. The maximum Gasteiger partial charge on any atom is 0.269 e. The quantitative estimate of drug-likeness (QED) is 0.274. The third-order valence-corrected chi connectivity index (χ3v) is 5.13. The summed E-state index contributed by atoms with van der Waals surface area (Å²) in [6.07, 6.45) is 0. The fourth-order valence-corrected chi connectivity index (χ4v) is 3.54. The molecule has 0 aliphatic heterocycles. The molecule has 0 saturated heterocycles. The topological polar surface area (TPSA) is 99.9 Å². The van der Waals surface area contributed by atoms with Gasteiger partial charge in [-0.15, -0.1) is 10.2 Å². The third kappa shape index (κ3) is 3.43. The number of hydrogen-bond acceptors (Lipinski definition) is 6. The minimum Gasteiger partial charge on any atom is -0.416 e. The first kappa shape index (κ1) is 19.4. The van der Waals surface area contributed by atoms with Gasteiger partial charge in [-0.05, 0) is 43.3 Å². The Morgan fingerprint density at radius 2 is 1.44 bits per heavy atom. The van der Waals surface area contributed by atoms with Gasteiger partial charge in [-0.3, -0.25) is 10.1 Å². The number of nitrogens with zero attached hydrogens (tertiary/aromatic N) is 5. The number of nitro benzene ring substituents is 1. The Hall–Kier alpha value is -4.59. The molecule has 0 aliphatic carbocycles. The van der Waals surface area contributed by atoms with Crippen molar-refractivity contribution in [3.63, 3.8) is 0 Å². The van der Waals surface area contributed by atoms with E-state index in [-0.39, 0.29) is 5.69 Å². The Labute approximate surface area is 182 Å². The average Bonchev–Trinajstić information content (AvgIpc) is 3.45.